The van der Waals surface area contributed by atoms with Crippen LogP contribution in [0, 0.1) is 3.57 Å². The van der Waals surface area contributed by atoms with Gasteiger partial charge in [-0.2, -0.15) is 0 Å². The van der Waals surface area contributed by atoms with Gasteiger partial charge in [0.1, 0.15) is 0 Å². The topological polar surface area (TPSA) is 38.3 Å². The highest BCUT2D eigenvalue weighted by molar-refractivity contribution is 14.1. The monoisotopic (exact) mass is 423 g/mol. The zero-order valence-corrected chi connectivity index (χ0v) is 13.8. The highest BCUT2D eigenvalue weighted by atomic mass is 127. The summed E-state index contributed by atoms with van der Waals surface area (Å²) in [5, 5.41) is 3.04. The molecule has 0 atom stereocenters. The molecule has 1 aromatic rings. The first kappa shape index (κ1) is 14.3. The quantitative estimate of drug-likeness (QED) is 0.754. The van der Waals surface area contributed by atoms with Crippen molar-refractivity contribution in [3.8, 4) is 0 Å². The first-order chi connectivity index (χ1) is 8.60. The highest BCUT2D eigenvalue weighted by Crippen LogP contribution is 2.25. The van der Waals surface area contributed by atoms with Crippen molar-refractivity contribution in [2.24, 2.45) is 0 Å². The summed E-state index contributed by atoms with van der Waals surface area (Å²) in [6, 6.07) is 6.01. The van der Waals surface area contributed by atoms with Crippen molar-refractivity contribution in [2.45, 2.75) is 31.9 Å². The SMILES string of the molecule is CCOC1CC(NC(=O)c2cc(I)ccc2Br)C1. The van der Waals surface area contributed by atoms with E-state index in [-0.39, 0.29) is 11.9 Å². The highest BCUT2D eigenvalue weighted by Gasteiger charge is 2.31. The van der Waals surface area contributed by atoms with Gasteiger partial charge in [0.15, 0.2) is 0 Å². The summed E-state index contributed by atoms with van der Waals surface area (Å²) in [7, 11) is 0. The predicted molar refractivity (Wildman–Crippen MR) is 82.8 cm³/mol. The molecule has 0 radical (unpaired) electrons. The van der Waals surface area contributed by atoms with Crippen LogP contribution in [0.1, 0.15) is 30.1 Å². The lowest BCUT2D eigenvalue weighted by Crippen LogP contribution is -2.47. The molecule has 0 spiro atoms. The second kappa shape index (κ2) is 6.34. The number of benzene rings is 1. The van der Waals surface area contributed by atoms with E-state index >= 15 is 0 Å². The lowest BCUT2D eigenvalue weighted by molar-refractivity contribution is -0.00863. The molecular formula is C13H15BrINO2. The molecule has 1 aliphatic carbocycles. The van der Waals surface area contributed by atoms with Gasteiger partial charge in [0.2, 0.25) is 0 Å². The smallest absolute Gasteiger partial charge is 0.252 e. The minimum absolute atomic E-state index is 0.0136. The van der Waals surface area contributed by atoms with Crippen molar-refractivity contribution in [1.29, 1.82) is 0 Å². The number of ether oxygens (including phenoxy) is 1. The van der Waals surface area contributed by atoms with Crippen LogP contribution in [-0.2, 0) is 4.74 Å². The first-order valence-electron chi connectivity index (χ1n) is 5.97. The molecule has 18 heavy (non-hydrogen) atoms. The van der Waals surface area contributed by atoms with Crippen LogP contribution in [0.25, 0.3) is 0 Å². The normalized spacial score (nSPS) is 22.4. The van der Waals surface area contributed by atoms with E-state index in [1.165, 1.54) is 0 Å². The molecule has 0 saturated heterocycles. The van der Waals surface area contributed by atoms with Crippen LogP contribution >= 0.6 is 38.5 Å². The van der Waals surface area contributed by atoms with Crippen LogP contribution < -0.4 is 5.32 Å². The van der Waals surface area contributed by atoms with Gasteiger partial charge in [0.05, 0.1) is 11.7 Å². The largest absolute Gasteiger partial charge is 0.378 e. The van der Waals surface area contributed by atoms with E-state index in [1.54, 1.807) is 0 Å². The second-order valence-electron chi connectivity index (χ2n) is 4.34. The van der Waals surface area contributed by atoms with Gasteiger partial charge >= 0.3 is 0 Å². The van der Waals surface area contributed by atoms with E-state index in [4.69, 9.17) is 4.74 Å². The minimum Gasteiger partial charge on any atom is -0.378 e. The second-order valence-corrected chi connectivity index (χ2v) is 6.44. The van der Waals surface area contributed by atoms with Gasteiger partial charge < -0.3 is 10.1 Å². The van der Waals surface area contributed by atoms with E-state index in [9.17, 15) is 4.79 Å². The maximum absolute atomic E-state index is 12.1. The summed E-state index contributed by atoms with van der Waals surface area (Å²) >= 11 is 5.61. The van der Waals surface area contributed by atoms with Crippen molar-refractivity contribution in [3.63, 3.8) is 0 Å². The number of halogens is 2. The number of rotatable bonds is 4. The zero-order valence-electron chi connectivity index (χ0n) is 10.1. The predicted octanol–water partition coefficient (Wildman–Crippen LogP) is 3.35. The van der Waals surface area contributed by atoms with E-state index in [0.29, 0.717) is 11.7 Å². The lowest BCUT2D eigenvalue weighted by atomic mass is 9.89. The fourth-order valence-corrected chi connectivity index (χ4v) is 2.91. The molecule has 0 heterocycles. The molecule has 1 saturated carbocycles. The van der Waals surface area contributed by atoms with Crippen LogP contribution in [0.15, 0.2) is 22.7 Å². The molecule has 0 bridgehead atoms. The molecule has 0 unspecified atom stereocenters. The molecule has 3 nitrogen and oxygen atoms in total. The first-order valence-corrected chi connectivity index (χ1v) is 7.85. The Labute approximate surface area is 129 Å². The third-order valence-electron chi connectivity index (χ3n) is 3.01. The number of carbonyl (C=O) groups is 1. The fourth-order valence-electron chi connectivity index (χ4n) is 1.99. The van der Waals surface area contributed by atoms with Gasteiger partial charge in [-0.3, -0.25) is 4.79 Å². The Morgan fingerprint density at radius 2 is 2.28 bits per heavy atom. The fraction of sp³-hybridized carbons (Fsp3) is 0.462. The Balaban J connectivity index is 1.91. The maximum Gasteiger partial charge on any atom is 0.252 e. The number of hydrogen-bond acceptors (Lipinski definition) is 2. The number of amides is 1. The molecule has 1 fully saturated rings. The average Bonchev–Trinajstić information content (AvgIpc) is 2.29. The number of carbonyl (C=O) groups excluding carboxylic acids is 1. The molecular weight excluding hydrogens is 409 g/mol. The molecule has 2 rings (SSSR count). The van der Waals surface area contributed by atoms with E-state index in [2.05, 4.69) is 43.8 Å². The van der Waals surface area contributed by atoms with Crippen molar-refractivity contribution in [2.75, 3.05) is 6.61 Å². The molecule has 98 valence electrons. The summed E-state index contributed by atoms with van der Waals surface area (Å²) in [5.41, 5.74) is 0.696. The van der Waals surface area contributed by atoms with E-state index in [1.807, 2.05) is 25.1 Å². The molecule has 5 heteroatoms. The van der Waals surface area contributed by atoms with Crippen molar-refractivity contribution in [1.82, 2.24) is 5.32 Å². The van der Waals surface area contributed by atoms with Crippen molar-refractivity contribution < 1.29 is 9.53 Å². The summed E-state index contributed by atoms with van der Waals surface area (Å²) in [6.07, 6.45) is 2.15. The van der Waals surface area contributed by atoms with Crippen LogP contribution in [-0.4, -0.2) is 24.7 Å². The summed E-state index contributed by atoms with van der Waals surface area (Å²) in [5.74, 6) is -0.0136. The van der Waals surface area contributed by atoms with Crippen molar-refractivity contribution in [3.05, 3.63) is 31.8 Å². The van der Waals surface area contributed by atoms with Gasteiger partial charge in [-0.25, -0.2) is 0 Å². The molecule has 1 N–H and O–H groups in total. The molecule has 1 aromatic carbocycles. The Hall–Kier alpha value is -0.140. The molecule has 0 aromatic heterocycles. The number of hydrogen-bond donors (Lipinski definition) is 1. The summed E-state index contributed by atoms with van der Waals surface area (Å²) < 4.78 is 7.37. The number of nitrogens with one attached hydrogen (secondary N) is 1. The van der Waals surface area contributed by atoms with Crippen LogP contribution in [0.3, 0.4) is 0 Å². The Kier molecular flexibility index (Phi) is 5.03. The van der Waals surface area contributed by atoms with E-state index in [0.717, 1.165) is 27.5 Å². The van der Waals surface area contributed by atoms with E-state index < -0.39 is 0 Å². The van der Waals surface area contributed by atoms with Gasteiger partial charge in [-0.05, 0) is 76.5 Å². The van der Waals surface area contributed by atoms with Gasteiger partial charge in [0, 0.05) is 20.7 Å². The minimum atomic E-state index is -0.0136. The molecule has 1 aliphatic rings. The van der Waals surface area contributed by atoms with Crippen LogP contribution in [0.4, 0.5) is 0 Å². The van der Waals surface area contributed by atoms with Gasteiger partial charge in [-0.15, -0.1) is 0 Å². The zero-order chi connectivity index (χ0) is 13.1. The van der Waals surface area contributed by atoms with Gasteiger partial charge in [0.25, 0.3) is 5.91 Å². The Morgan fingerprint density at radius 1 is 1.56 bits per heavy atom. The molecule has 0 aliphatic heterocycles. The Morgan fingerprint density at radius 3 is 2.94 bits per heavy atom. The standard InChI is InChI=1S/C13H15BrINO2/c1-2-18-10-6-9(7-10)16-13(17)11-5-8(15)3-4-12(11)14/h3-5,9-10H,2,6-7H2,1H3,(H,16,17). The third kappa shape index (κ3) is 3.45. The van der Waals surface area contributed by atoms with Crippen molar-refractivity contribution >= 4 is 44.4 Å². The molecule has 1 amide bonds. The van der Waals surface area contributed by atoms with Crippen LogP contribution in [0.2, 0.25) is 0 Å². The average molecular weight is 424 g/mol. The summed E-state index contributed by atoms with van der Waals surface area (Å²) in [4.78, 5) is 12.1. The lowest BCUT2D eigenvalue weighted by Gasteiger charge is -2.35. The third-order valence-corrected chi connectivity index (χ3v) is 4.37. The summed E-state index contributed by atoms with van der Waals surface area (Å²) in [6.45, 7) is 2.74. The van der Waals surface area contributed by atoms with Gasteiger partial charge in [-0.1, -0.05) is 0 Å². The maximum atomic E-state index is 12.1. The van der Waals surface area contributed by atoms with Crippen LogP contribution in [0.5, 0.6) is 0 Å². The Bertz CT molecular complexity index is 447.